The number of amides is 1. The van der Waals surface area contributed by atoms with E-state index in [1.807, 2.05) is 43.4 Å². The highest BCUT2D eigenvalue weighted by Crippen LogP contribution is 2.18. The quantitative estimate of drug-likeness (QED) is 0.761. The molecule has 5 nitrogen and oxygen atoms in total. The van der Waals surface area contributed by atoms with E-state index < -0.39 is 0 Å². The predicted octanol–water partition coefficient (Wildman–Crippen LogP) is 1.34. The van der Waals surface area contributed by atoms with Gasteiger partial charge in [0.2, 0.25) is 0 Å². The van der Waals surface area contributed by atoms with Crippen LogP contribution in [-0.2, 0) is 17.9 Å². The number of hydrogen-bond donors (Lipinski definition) is 2. The zero-order chi connectivity index (χ0) is 18.2. The zero-order valence-corrected chi connectivity index (χ0v) is 15.4. The number of benzene rings is 2. The number of carbonyl (C=O) groups excluding carboxylic acids is 1. The number of nitrogens with one attached hydrogen (secondary N) is 2. The Kier molecular flexibility index (Phi) is 6.83. The van der Waals surface area contributed by atoms with Gasteiger partial charge < -0.3 is 19.7 Å². The Hall–Kier alpha value is -2.53. The van der Waals surface area contributed by atoms with Crippen LogP contribution < -0.4 is 19.7 Å². The van der Waals surface area contributed by atoms with Crippen molar-refractivity contribution in [3.05, 3.63) is 59.2 Å². The minimum atomic E-state index is 0.00928. The van der Waals surface area contributed by atoms with Crippen LogP contribution in [0.2, 0.25) is 0 Å². The summed E-state index contributed by atoms with van der Waals surface area (Å²) in [6.45, 7) is 3.64. The van der Waals surface area contributed by atoms with Crippen LogP contribution >= 0.6 is 0 Å². The normalized spacial score (nSPS) is 11.7. The molecule has 25 heavy (non-hydrogen) atoms. The van der Waals surface area contributed by atoms with Gasteiger partial charge in [0.1, 0.15) is 18.0 Å². The Bertz CT molecular complexity index is 716. The molecule has 0 fully saturated rings. The number of para-hydroxylation sites is 1. The van der Waals surface area contributed by atoms with E-state index in [1.54, 1.807) is 14.2 Å². The van der Waals surface area contributed by atoms with Crippen molar-refractivity contribution >= 4 is 5.91 Å². The lowest BCUT2D eigenvalue weighted by atomic mass is 10.1. The predicted molar refractivity (Wildman–Crippen MR) is 98.0 cm³/mol. The largest absolute Gasteiger partial charge is 0.496 e. The lowest BCUT2D eigenvalue weighted by molar-refractivity contribution is -0.885. The van der Waals surface area contributed by atoms with E-state index in [1.165, 1.54) is 5.56 Å². The molecule has 0 aliphatic heterocycles. The van der Waals surface area contributed by atoms with Gasteiger partial charge in [-0.1, -0.05) is 29.8 Å². The lowest BCUT2D eigenvalue weighted by Gasteiger charge is -2.16. The van der Waals surface area contributed by atoms with Crippen LogP contribution in [0.3, 0.4) is 0 Å². The van der Waals surface area contributed by atoms with E-state index in [4.69, 9.17) is 9.47 Å². The zero-order valence-electron chi connectivity index (χ0n) is 15.4. The van der Waals surface area contributed by atoms with Crippen LogP contribution in [0, 0.1) is 6.92 Å². The Morgan fingerprint density at radius 2 is 1.72 bits per heavy atom. The van der Waals surface area contributed by atoms with Crippen molar-refractivity contribution in [2.45, 2.75) is 20.0 Å². The van der Waals surface area contributed by atoms with Crippen molar-refractivity contribution in [2.75, 3.05) is 27.8 Å². The third-order valence-electron chi connectivity index (χ3n) is 4.06. The average molecular weight is 343 g/mol. The Balaban J connectivity index is 1.89. The minimum absolute atomic E-state index is 0.00928. The standard InChI is InChI=1S/C20H26N2O3/c1-15-9-10-19(25-4)17(11-15)13-22(2)14-20(23)21-12-16-7-5-6-8-18(16)24-3/h5-11H,12-14H2,1-4H3,(H,21,23)/p+1. The van der Waals surface area contributed by atoms with Gasteiger partial charge in [0.15, 0.2) is 6.54 Å². The molecule has 2 rings (SSSR count). The SMILES string of the molecule is COc1ccccc1CNC(=O)C[NH+](C)Cc1cc(C)ccc1OC. The molecule has 0 aromatic heterocycles. The second-order valence-electron chi connectivity index (χ2n) is 6.21. The molecule has 1 amide bonds. The van der Waals surface area contributed by atoms with Gasteiger partial charge in [0, 0.05) is 17.7 Å². The molecule has 0 aliphatic rings. The molecule has 0 bridgehead atoms. The maximum absolute atomic E-state index is 12.2. The molecular formula is C20H27N2O3+. The maximum Gasteiger partial charge on any atom is 0.275 e. The number of quaternary nitrogens is 1. The molecule has 0 saturated heterocycles. The van der Waals surface area contributed by atoms with Crippen molar-refractivity contribution in [2.24, 2.45) is 0 Å². The van der Waals surface area contributed by atoms with Gasteiger partial charge in [-0.05, 0) is 25.1 Å². The number of methoxy groups -OCH3 is 2. The van der Waals surface area contributed by atoms with Crippen molar-refractivity contribution in [1.29, 1.82) is 0 Å². The fourth-order valence-corrected chi connectivity index (χ4v) is 2.81. The topological polar surface area (TPSA) is 52.0 Å². The van der Waals surface area contributed by atoms with Crippen LogP contribution in [-0.4, -0.2) is 33.7 Å². The van der Waals surface area contributed by atoms with Crippen LogP contribution in [0.1, 0.15) is 16.7 Å². The molecule has 2 aromatic rings. The summed E-state index contributed by atoms with van der Waals surface area (Å²) < 4.78 is 10.7. The monoisotopic (exact) mass is 343 g/mol. The third kappa shape index (κ3) is 5.50. The molecule has 1 unspecified atom stereocenters. The molecule has 134 valence electrons. The minimum Gasteiger partial charge on any atom is -0.496 e. The van der Waals surface area contributed by atoms with E-state index in [0.717, 1.165) is 34.1 Å². The number of aryl methyl sites for hydroxylation is 1. The molecule has 1 atom stereocenters. The maximum atomic E-state index is 12.2. The van der Waals surface area contributed by atoms with Gasteiger partial charge in [-0.3, -0.25) is 4.79 Å². The van der Waals surface area contributed by atoms with Gasteiger partial charge in [-0.2, -0.15) is 0 Å². The molecule has 5 heteroatoms. The smallest absolute Gasteiger partial charge is 0.275 e. The third-order valence-corrected chi connectivity index (χ3v) is 4.06. The molecule has 0 radical (unpaired) electrons. The molecule has 2 N–H and O–H groups in total. The molecule has 2 aromatic carbocycles. The van der Waals surface area contributed by atoms with E-state index in [2.05, 4.69) is 18.3 Å². The highest BCUT2D eigenvalue weighted by molar-refractivity contribution is 5.76. The summed E-state index contributed by atoms with van der Waals surface area (Å²) in [5.41, 5.74) is 3.26. The van der Waals surface area contributed by atoms with E-state index >= 15 is 0 Å². The summed E-state index contributed by atoms with van der Waals surface area (Å²) in [5, 5.41) is 2.96. The fourth-order valence-electron chi connectivity index (χ4n) is 2.81. The first-order valence-corrected chi connectivity index (χ1v) is 8.37. The lowest BCUT2D eigenvalue weighted by Crippen LogP contribution is -3.08. The van der Waals surface area contributed by atoms with Crippen molar-refractivity contribution in [3.63, 3.8) is 0 Å². The Labute approximate surface area is 149 Å². The average Bonchev–Trinajstić information content (AvgIpc) is 2.60. The first-order valence-electron chi connectivity index (χ1n) is 8.37. The summed E-state index contributed by atoms with van der Waals surface area (Å²) in [5.74, 6) is 1.66. The summed E-state index contributed by atoms with van der Waals surface area (Å²) in [6.07, 6.45) is 0. The molecule has 0 heterocycles. The number of hydrogen-bond acceptors (Lipinski definition) is 3. The second kappa shape index (κ2) is 9.08. The van der Waals surface area contributed by atoms with Gasteiger partial charge in [0.05, 0.1) is 21.3 Å². The van der Waals surface area contributed by atoms with Crippen molar-refractivity contribution < 1.29 is 19.2 Å². The van der Waals surface area contributed by atoms with Gasteiger partial charge in [0.25, 0.3) is 5.91 Å². The first kappa shape index (κ1) is 18.8. The van der Waals surface area contributed by atoms with E-state index in [-0.39, 0.29) is 5.91 Å². The van der Waals surface area contributed by atoms with Crippen LogP contribution in [0.4, 0.5) is 0 Å². The number of ether oxygens (including phenoxy) is 2. The van der Waals surface area contributed by atoms with Gasteiger partial charge in [-0.25, -0.2) is 0 Å². The number of carbonyl (C=O) groups is 1. The Morgan fingerprint density at radius 1 is 1.04 bits per heavy atom. The summed E-state index contributed by atoms with van der Waals surface area (Å²) in [7, 11) is 5.31. The van der Waals surface area contributed by atoms with Crippen molar-refractivity contribution in [3.8, 4) is 11.5 Å². The van der Waals surface area contributed by atoms with Gasteiger partial charge >= 0.3 is 0 Å². The van der Waals surface area contributed by atoms with Crippen LogP contribution in [0.15, 0.2) is 42.5 Å². The fraction of sp³-hybridized carbons (Fsp3) is 0.350. The van der Waals surface area contributed by atoms with Crippen LogP contribution in [0.25, 0.3) is 0 Å². The molecule has 0 spiro atoms. The Morgan fingerprint density at radius 3 is 2.44 bits per heavy atom. The van der Waals surface area contributed by atoms with Crippen molar-refractivity contribution in [1.82, 2.24) is 5.32 Å². The van der Waals surface area contributed by atoms with E-state index in [9.17, 15) is 4.79 Å². The summed E-state index contributed by atoms with van der Waals surface area (Å²) >= 11 is 0. The number of likely N-dealkylation sites (N-methyl/N-ethyl adjacent to an activating group) is 1. The second-order valence-corrected chi connectivity index (χ2v) is 6.21. The first-order chi connectivity index (χ1) is 12.0. The molecule has 0 aliphatic carbocycles. The number of rotatable bonds is 8. The molecule has 0 saturated carbocycles. The van der Waals surface area contributed by atoms with Gasteiger partial charge in [-0.15, -0.1) is 0 Å². The van der Waals surface area contributed by atoms with Crippen LogP contribution in [0.5, 0.6) is 11.5 Å². The highest BCUT2D eigenvalue weighted by Gasteiger charge is 2.14. The molecular weight excluding hydrogens is 316 g/mol. The highest BCUT2D eigenvalue weighted by atomic mass is 16.5. The van der Waals surface area contributed by atoms with E-state index in [0.29, 0.717) is 13.1 Å². The summed E-state index contributed by atoms with van der Waals surface area (Å²) in [6, 6.07) is 13.8. The summed E-state index contributed by atoms with van der Waals surface area (Å²) in [4.78, 5) is 13.3.